The van der Waals surface area contributed by atoms with Crippen LogP contribution in [0.15, 0.2) is 6.33 Å². The molecule has 12 nitrogen and oxygen atoms in total. The maximum Gasteiger partial charge on any atom is 0.184 e. The van der Waals surface area contributed by atoms with Gasteiger partial charge in [-0.1, -0.05) is 0 Å². The van der Waals surface area contributed by atoms with Crippen LogP contribution in [0.25, 0.3) is 11.2 Å². The quantitative estimate of drug-likeness (QED) is 0.395. The maximum atomic E-state index is 12.5. The summed E-state index contributed by atoms with van der Waals surface area (Å²) < 4.78 is 1.90. The highest BCUT2D eigenvalue weighted by atomic mass is 16.1. The zero-order valence-electron chi connectivity index (χ0n) is 19.2. The van der Waals surface area contributed by atoms with E-state index in [4.69, 9.17) is 15.0 Å². The van der Waals surface area contributed by atoms with Gasteiger partial charge in [0.15, 0.2) is 34.4 Å². The lowest BCUT2D eigenvalue weighted by Gasteiger charge is -2.37. The molecule has 3 aliphatic heterocycles. The Hall–Kier alpha value is -2.67. The molecule has 0 spiro atoms. The predicted octanol–water partition coefficient (Wildman–Crippen LogP) is -2.07. The van der Waals surface area contributed by atoms with Gasteiger partial charge in [-0.05, 0) is 13.8 Å². The normalized spacial score (nSPS) is 26.5. The summed E-state index contributed by atoms with van der Waals surface area (Å²) in [5, 5.41) is 15.5. The number of hydrogen-bond acceptors (Lipinski definition) is 11. The number of fused-ring (bicyclic) bond motifs is 1. The van der Waals surface area contributed by atoms with Gasteiger partial charge < -0.3 is 26.2 Å². The molecule has 3 unspecified atom stereocenters. The lowest BCUT2D eigenvalue weighted by Crippen LogP contribution is -2.59. The van der Waals surface area contributed by atoms with E-state index in [9.17, 15) is 9.59 Å². The second kappa shape index (κ2) is 9.29. The molecule has 0 radical (unpaired) electrons. The molecule has 3 aliphatic rings. The number of nitrogens with zero attached hydrogens (tertiary/aromatic N) is 6. The minimum Gasteiger partial charge on any atom is -0.342 e. The first-order chi connectivity index (χ1) is 16.0. The number of nitrogens with one attached hydrogen (secondary N) is 4. The molecule has 178 valence electrons. The van der Waals surface area contributed by atoms with Crippen molar-refractivity contribution in [2.24, 2.45) is 0 Å². The Labute approximate surface area is 192 Å². The molecule has 2 aromatic rings. The standard InChI is InChI=1S/C21H32N10O2/c1-13(32)16-10-23-5-7-29(16)20-18-21(28-19(27-20)15-9-22-3-4-25-15)31(12-26-18)30-8-6-24-11-17(30)14(2)33/h12,15-17,22-25H,3-11H2,1-2H3. The fraction of sp³-hybridized carbons (Fsp3) is 0.667. The van der Waals surface area contributed by atoms with Crippen molar-refractivity contribution < 1.29 is 9.59 Å². The van der Waals surface area contributed by atoms with E-state index in [1.54, 1.807) is 20.2 Å². The molecule has 3 fully saturated rings. The summed E-state index contributed by atoms with van der Waals surface area (Å²) in [5.41, 5.74) is 1.31. The lowest BCUT2D eigenvalue weighted by molar-refractivity contribution is -0.119. The van der Waals surface area contributed by atoms with Crippen molar-refractivity contribution in [3.05, 3.63) is 12.2 Å². The molecule has 3 atom stereocenters. The number of imidazole rings is 1. The van der Waals surface area contributed by atoms with E-state index in [0.29, 0.717) is 49.0 Å². The monoisotopic (exact) mass is 456 g/mol. The van der Waals surface area contributed by atoms with Crippen molar-refractivity contribution in [2.45, 2.75) is 32.0 Å². The molecule has 4 N–H and O–H groups in total. The highest BCUT2D eigenvalue weighted by Gasteiger charge is 2.33. The molecule has 12 heteroatoms. The third-order valence-electron chi connectivity index (χ3n) is 6.68. The second-order valence-corrected chi connectivity index (χ2v) is 8.90. The Morgan fingerprint density at radius 1 is 0.909 bits per heavy atom. The molecule has 0 amide bonds. The van der Waals surface area contributed by atoms with E-state index < -0.39 is 0 Å². The number of hydrogen-bond donors (Lipinski definition) is 4. The number of rotatable bonds is 5. The van der Waals surface area contributed by atoms with Crippen LogP contribution in [0.5, 0.6) is 0 Å². The molecule has 0 bridgehead atoms. The molecule has 0 aliphatic carbocycles. The van der Waals surface area contributed by atoms with Gasteiger partial charge in [-0.2, -0.15) is 0 Å². The molecule has 5 rings (SSSR count). The van der Waals surface area contributed by atoms with Gasteiger partial charge in [0.05, 0.1) is 6.04 Å². The molecular formula is C21H32N10O2. The van der Waals surface area contributed by atoms with Crippen molar-refractivity contribution in [3.8, 4) is 0 Å². The average molecular weight is 457 g/mol. The third kappa shape index (κ3) is 4.19. The highest BCUT2D eigenvalue weighted by molar-refractivity contribution is 5.91. The Bertz CT molecular complexity index is 1030. The zero-order chi connectivity index (χ0) is 22.9. The smallest absolute Gasteiger partial charge is 0.184 e. The highest BCUT2D eigenvalue weighted by Crippen LogP contribution is 2.28. The molecule has 5 heterocycles. The summed E-state index contributed by atoms with van der Waals surface area (Å²) >= 11 is 0. The predicted molar refractivity (Wildman–Crippen MR) is 124 cm³/mol. The maximum absolute atomic E-state index is 12.5. The lowest BCUT2D eigenvalue weighted by atomic mass is 10.1. The van der Waals surface area contributed by atoms with Crippen LogP contribution in [0.2, 0.25) is 0 Å². The summed E-state index contributed by atoms with van der Waals surface area (Å²) in [5.74, 6) is 1.53. The third-order valence-corrected chi connectivity index (χ3v) is 6.68. The summed E-state index contributed by atoms with van der Waals surface area (Å²) in [7, 11) is 0. The minimum absolute atomic E-state index is 0.0458. The van der Waals surface area contributed by atoms with Crippen LogP contribution >= 0.6 is 0 Å². The summed E-state index contributed by atoms with van der Waals surface area (Å²) in [4.78, 5) is 41.5. The first kappa shape index (κ1) is 22.1. The summed E-state index contributed by atoms with van der Waals surface area (Å²) in [6.07, 6.45) is 1.73. The van der Waals surface area contributed by atoms with Crippen LogP contribution in [0.4, 0.5) is 5.82 Å². The summed E-state index contributed by atoms with van der Waals surface area (Å²) in [6, 6.07) is -0.649. The van der Waals surface area contributed by atoms with Gasteiger partial charge in [-0.25, -0.2) is 19.6 Å². The largest absolute Gasteiger partial charge is 0.342 e. The molecule has 3 saturated heterocycles. The zero-order valence-corrected chi connectivity index (χ0v) is 19.2. The van der Waals surface area contributed by atoms with Crippen molar-refractivity contribution in [1.29, 1.82) is 0 Å². The van der Waals surface area contributed by atoms with Gasteiger partial charge in [0.25, 0.3) is 0 Å². The van der Waals surface area contributed by atoms with Gasteiger partial charge >= 0.3 is 0 Å². The number of anilines is 1. The number of aromatic nitrogens is 4. The number of carbonyl (C=O) groups is 2. The fourth-order valence-electron chi connectivity index (χ4n) is 4.90. The number of carbonyl (C=O) groups excluding carboxylic acids is 2. The van der Waals surface area contributed by atoms with Crippen LogP contribution in [0, 0.1) is 0 Å². The van der Waals surface area contributed by atoms with Crippen molar-refractivity contribution >= 4 is 28.5 Å². The minimum atomic E-state index is -0.309. The molecule has 0 saturated carbocycles. The van der Waals surface area contributed by atoms with E-state index in [-0.39, 0.29) is 29.7 Å². The SMILES string of the molecule is CC(=O)C1CNCCN1c1nc(C2CNCCN2)nc2c1ncn2N1CCNCC1C(C)=O. The molecular weight excluding hydrogens is 424 g/mol. The first-order valence-electron chi connectivity index (χ1n) is 11.7. The number of Topliss-reactive ketones (excluding diaryl/α,β-unsaturated/α-hetero) is 2. The number of ketones is 2. The van der Waals surface area contributed by atoms with E-state index >= 15 is 0 Å². The van der Waals surface area contributed by atoms with Crippen molar-refractivity contribution in [2.75, 3.05) is 68.8 Å². The van der Waals surface area contributed by atoms with E-state index in [1.165, 1.54) is 0 Å². The summed E-state index contributed by atoms with van der Waals surface area (Å²) in [6.45, 7) is 9.69. The van der Waals surface area contributed by atoms with Crippen molar-refractivity contribution in [1.82, 2.24) is 40.9 Å². The molecule has 0 aromatic carbocycles. The van der Waals surface area contributed by atoms with Gasteiger partial charge in [-0.15, -0.1) is 0 Å². The van der Waals surface area contributed by atoms with Gasteiger partial charge in [0.2, 0.25) is 0 Å². The Morgan fingerprint density at radius 2 is 1.64 bits per heavy atom. The van der Waals surface area contributed by atoms with E-state index in [1.807, 2.05) is 9.69 Å². The first-order valence-corrected chi connectivity index (χ1v) is 11.7. The van der Waals surface area contributed by atoms with Crippen LogP contribution in [-0.4, -0.2) is 102 Å². The molecule has 33 heavy (non-hydrogen) atoms. The second-order valence-electron chi connectivity index (χ2n) is 8.90. The Balaban J connectivity index is 1.64. The van der Waals surface area contributed by atoms with E-state index in [2.05, 4.69) is 26.2 Å². The topological polar surface area (TPSA) is 132 Å². The van der Waals surface area contributed by atoms with Gasteiger partial charge in [-0.3, -0.25) is 14.6 Å². The fourth-order valence-corrected chi connectivity index (χ4v) is 4.90. The number of piperazine rings is 3. The van der Waals surface area contributed by atoms with Crippen molar-refractivity contribution in [3.63, 3.8) is 0 Å². The van der Waals surface area contributed by atoms with Gasteiger partial charge in [0.1, 0.15) is 18.4 Å². The van der Waals surface area contributed by atoms with Gasteiger partial charge in [0, 0.05) is 58.9 Å². The van der Waals surface area contributed by atoms with E-state index in [0.717, 1.165) is 32.7 Å². The Kier molecular flexibility index (Phi) is 6.23. The molecule has 2 aromatic heterocycles. The van der Waals surface area contributed by atoms with Crippen LogP contribution in [0.1, 0.15) is 25.7 Å². The average Bonchev–Trinajstić information content (AvgIpc) is 3.28. The van der Waals surface area contributed by atoms with Crippen LogP contribution in [0.3, 0.4) is 0 Å². The van der Waals surface area contributed by atoms with Crippen LogP contribution in [-0.2, 0) is 9.59 Å². The Morgan fingerprint density at radius 3 is 2.36 bits per heavy atom. The van der Waals surface area contributed by atoms with Crippen LogP contribution < -0.4 is 31.2 Å².